The molecule has 4 atom stereocenters. The highest BCUT2D eigenvalue weighted by atomic mass is 32.2. The summed E-state index contributed by atoms with van der Waals surface area (Å²) in [7, 11) is 0. The van der Waals surface area contributed by atoms with Crippen LogP contribution < -0.4 is 5.32 Å². The summed E-state index contributed by atoms with van der Waals surface area (Å²) in [5, 5.41) is 14.9. The first kappa shape index (κ1) is 14.9. The molecule has 4 heteroatoms. The lowest BCUT2D eigenvalue weighted by molar-refractivity contribution is -0.0419. The van der Waals surface area contributed by atoms with Crippen LogP contribution in [-0.2, 0) is 4.74 Å². The highest BCUT2D eigenvalue weighted by Crippen LogP contribution is 2.47. The van der Waals surface area contributed by atoms with Crippen molar-refractivity contribution < 1.29 is 4.74 Å². The number of nitrogens with one attached hydrogen (secondary N) is 1. The van der Waals surface area contributed by atoms with Crippen molar-refractivity contribution >= 4 is 17.4 Å². The summed E-state index contributed by atoms with van der Waals surface area (Å²) >= 11 is 1.22. The van der Waals surface area contributed by atoms with Crippen LogP contribution in [0.3, 0.4) is 0 Å². The smallest absolute Gasteiger partial charge is 0.138 e. The van der Waals surface area contributed by atoms with E-state index in [9.17, 15) is 0 Å². The lowest BCUT2D eigenvalue weighted by Gasteiger charge is -2.45. The maximum Gasteiger partial charge on any atom is 0.138 e. The number of rotatable bonds is 2. The summed E-state index contributed by atoms with van der Waals surface area (Å²) in [6.07, 6.45) is 12.5. The predicted octanol–water partition coefficient (Wildman–Crippen LogP) is 4.65. The number of ether oxygens (including phenoxy) is 1. The molecule has 1 unspecified atom stereocenters. The van der Waals surface area contributed by atoms with Gasteiger partial charge in [-0.2, -0.15) is 5.26 Å². The van der Waals surface area contributed by atoms with Gasteiger partial charge >= 0.3 is 0 Å². The number of nitriles is 1. The first-order valence-electron chi connectivity index (χ1n) is 8.28. The number of thioether (sulfide) groups is 1. The van der Waals surface area contributed by atoms with E-state index in [4.69, 9.17) is 10.00 Å². The highest BCUT2D eigenvalue weighted by Gasteiger charge is 2.41. The minimum Gasteiger partial charge on any atom is -0.381 e. The van der Waals surface area contributed by atoms with Gasteiger partial charge in [0.25, 0.3) is 0 Å². The lowest BCUT2D eigenvalue weighted by atomic mass is 9.74. The van der Waals surface area contributed by atoms with Crippen molar-refractivity contribution in [3.63, 3.8) is 0 Å². The van der Waals surface area contributed by atoms with E-state index in [-0.39, 0.29) is 6.10 Å². The number of thiocyanates is 1. The molecule has 1 saturated heterocycles. The van der Waals surface area contributed by atoms with Crippen LogP contribution in [-0.4, -0.2) is 12.6 Å². The fraction of sp³-hybridized carbons (Fsp3) is 0.421. The van der Waals surface area contributed by atoms with Gasteiger partial charge in [0.15, 0.2) is 0 Å². The Morgan fingerprint density at radius 3 is 3.09 bits per heavy atom. The minimum atomic E-state index is 0.156. The van der Waals surface area contributed by atoms with E-state index >= 15 is 0 Å². The number of hydrogen-bond donors (Lipinski definition) is 1. The zero-order valence-corrected chi connectivity index (χ0v) is 13.8. The van der Waals surface area contributed by atoms with Crippen molar-refractivity contribution in [2.24, 2.45) is 11.8 Å². The fourth-order valence-electron chi connectivity index (χ4n) is 4.09. The monoisotopic (exact) mass is 324 g/mol. The molecule has 0 spiro atoms. The van der Waals surface area contributed by atoms with Crippen LogP contribution in [0.5, 0.6) is 0 Å². The molecule has 2 heterocycles. The van der Waals surface area contributed by atoms with E-state index in [2.05, 4.69) is 47.2 Å². The van der Waals surface area contributed by atoms with Crippen molar-refractivity contribution in [2.45, 2.75) is 36.3 Å². The highest BCUT2D eigenvalue weighted by molar-refractivity contribution is 8.03. The van der Waals surface area contributed by atoms with E-state index in [1.165, 1.54) is 29.4 Å². The summed E-state index contributed by atoms with van der Waals surface area (Å²) in [5.41, 5.74) is 2.39. The molecule has 1 aliphatic carbocycles. The molecule has 1 fully saturated rings. The van der Waals surface area contributed by atoms with Gasteiger partial charge in [0.05, 0.1) is 6.10 Å². The average molecular weight is 324 g/mol. The topological polar surface area (TPSA) is 45.0 Å². The van der Waals surface area contributed by atoms with Gasteiger partial charge in [-0.1, -0.05) is 24.3 Å². The molecule has 0 amide bonds. The summed E-state index contributed by atoms with van der Waals surface area (Å²) in [6, 6.07) is 6.68. The molecule has 1 N–H and O–H groups in total. The number of anilines is 1. The van der Waals surface area contributed by atoms with Gasteiger partial charge in [-0.3, -0.25) is 0 Å². The van der Waals surface area contributed by atoms with Crippen molar-refractivity contribution in [1.82, 2.24) is 0 Å². The van der Waals surface area contributed by atoms with Crippen molar-refractivity contribution in [2.75, 3.05) is 11.9 Å². The first-order chi connectivity index (χ1) is 11.4. The molecule has 0 radical (unpaired) electrons. The third-order valence-corrected chi connectivity index (χ3v) is 5.70. The number of fused-ring (bicyclic) bond motifs is 3. The fourth-order valence-corrected chi connectivity index (χ4v) is 4.52. The van der Waals surface area contributed by atoms with Gasteiger partial charge in [-0.25, -0.2) is 0 Å². The Balaban J connectivity index is 1.69. The second kappa shape index (κ2) is 6.43. The largest absolute Gasteiger partial charge is 0.381 e. The van der Waals surface area contributed by atoms with Crippen molar-refractivity contribution in [1.29, 1.82) is 5.26 Å². The van der Waals surface area contributed by atoms with E-state index in [1.807, 2.05) is 6.07 Å². The van der Waals surface area contributed by atoms with Gasteiger partial charge in [0, 0.05) is 40.6 Å². The Morgan fingerprint density at radius 1 is 1.30 bits per heavy atom. The molecule has 0 bridgehead atoms. The standard InChI is InChI=1S/C19H20N2OS/c20-12-23-14-8-9-17-16(11-14)19-15(7-4-10-22-19)18(21-17)13-5-2-1-3-6-13/h1-3,5,8-9,11,13,15,18-19,21H,4,6-7,10H2/t13?,15-,18-,19-/m0/s1. The maximum atomic E-state index is 8.92. The quantitative estimate of drug-likeness (QED) is 0.635. The summed E-state index contributed by atoms with van der Waals surface area (Å²) in [5.74, 6) is 1.02. The number of nitrogens with zero attached hydrogens (tertiary/aromatic N) is 1. The molecule has 2 aliphatic heterocycles. The van der Waals surface area contributed by atoms with Crippen LogP contribution in [0.25, 0.3) is 0 Å². The van der Waals surface area contributed by atoms with Crippen LogP contribution in [0.15, 0.2) is 47.4 Å². The van der Waals surface area contributed by atoms with Gasteiger partial charge in [-0.15, -0.1) is 0 Å². The molecule has 0 aromatic heterocycles. The molecule has 4 rings (SSSR count). The molecular weight excluding hydrogens is 304 g/mol. The third kappa shape index (κ3) is 2.80. The first-order valence-corrected chi connectivity index (χ1v) is 9.10. The molecule has 0 saturated carbocycles. The Kier molecular flexibility index (Phi) is 4.15. The molecule has 3 aliphatic rings. The number of hydrogen-bond acceptors (Lipinski definition) is 4. The molecule has 3 nitrogen and oxygen atoms in total. The molecule has 1 aromatic carbocycles. The van der Waals surface area contributed by atoms with Crippen LogP contribution in [0.1, 0.15) is 30.9 Å². The maximum absolute atomic E-state index is 8.92. The average Bonchev–Trinajstić information content (AvgIpc) is 2.62. The van der Waals surface area contributed by atoms with Gasteiger partial charge in [-0.05, 0) is 49.2 Å². The molecule has 118 valence electrons. The van der Waals surface area contributed by atoms with E-state index in [0.717, 1.165) is 24.3 Å². The summed E-state index contributed by atoms with van der Waals surface area (Å²) < 4.78 is 6.19. The zero-order chi connectivity index (χ0) is 15.6. The SMILES string of the molecule is N#CSc1ccc2c(c1)[C@H]1OCCC[C@H]1[C@H](C1C=CC=CC1)N2. The predicted molar refractivity (Wildman–Crippen MR) is 93.1 cm³/mol. The lowest BCUT2D eigenvalue weighted by Crippen LogP contribution is -2.45. The summed E-state index contributed by atoms with van der Waals surface area (Å²) in [6.45, 7) is 0.837. The Bertz CT molecular complexity index is 691. The zero-order valence-electron chi connectivity index (χ0n) is 12.9. The molecule has 23 heavy (non-hydrogen) atoms. The van der Waals surface area contributed by atoms with Crippen LogP contribution in [0.4, 0.5) is 5.69 Å². The van der Waals surface area contributed by atoms with Gasteiger partial charge < -0.3 is 10.1 Å². The van der Waals surface area contributed by atoms with Crippen LogP contribution >= 0.6 is 11.8 Å². The Labute approximate surface area is 141 Å². The normalized spacial score (nSPS) is 31.6. The number of benzene rings is 1. The van der Waals surface area contributed by atoms with Gasteiger partial charge in [0.2, 0.25) is 0 Å². The van der Waals surface area contributed by atoms with E-state index in [1.54, 1.807) is 0 Å². The molecular formula is C19H20N2OS. The third-order valence-electron chi connectivity index (χ3n) is 5.12. The second-order valence-electron chi connectivity index (χ2n) is 6.42. The van der Waals surface area contributed by atoms with Crippen LogP contribution in [0.2, 0.25) is 0 Å². The van der Waals surface area contributed by atoms with Crippen molar-refractivity contribution in [3.8, 4) is 5.40 Å². The second-order valence-corrected chi connectivity index (χ2v) is 7.28. The minimum absolute atomic E-state index is 0.156. The Morgan fingerprint density at radius 2 is 2.26 bits per heavy atom. The van der Waals surface area contributed by atoms with E-state index < -0.39 is 0 Å². The van der Waals surface area contributed by atoms with Gasteiger partial charge in [0.1, 0.15) is 5.40 Å². The van der Waals surface area contributed by atoms with Crippen LogP contribution in [0, 0.1) is 22.5 Å². The van der Waals surface area contributed by atoms with E-state index in [0.29, 0.717) is 17.9 Å². The number of allylic oxidation sites excluding steroid dienone is 3. The Hall–Kier alpha value is -1.70. The van der Waals surface area contributed by atoms with Crippen molar-refractivity contribution in [3.05, 3.63) is 48.1 Å². The summed E-state index contributed by atoms with van der Waals surface area (Å²) in [4.78, 5) is 1.000. The molecule has 1 aromatic rings.